The molecule has 0 saturated carbocycles. The average Bonchev–Trinajstić information content (AvgIpc) is 3.96. The standard InChI is InChI=1S/C18H14N6O6S.C9H7FN4O6S.C9H8N2/c1-31(29,30)21-23-17(25)12-7-15(16(24(27)28)8-13(12)20-18(23)26)22-9-14(19-10-22)11-5-3-2-4-6-11;1-21(19,20)12-13-8(15)4-2-5(10)7(14(17)18)3-6(4)11-9(13)16;1-2-4-8(5-3-1)9-6-10-7-11-9/h2-10,21H,1H3,(H,20,26);2-3,12H,1H3,(H,11,16);1-7H,(H,10,11). The minimum atomic E-state index is -3.93. The van der Waals surface area contributed by atoms with Crippen LogP contribution in [0.1, 0.15) is 0 Å². The van der Waals surface area contributed by atoms with Crippen LogP contribution in [0.15, 0.2) is 129 Å². The van der Waals surface area contributed by atoms with Crippen molar-refractivity contribution in [2.24, 2.45) is 0 Å². The van der Waals surface area contributed by atoms with Crippen molar-refractivity contribution in [1.29, 1.82) is 0 Å². The third-order valence-electron chi connectivity index (χ3n) is 8.38. The van der Waals surface area contributed by atoms with E-state index in [9.17, 15) is 60.6 Å². The van der Waals surface area contributed by atoms with Gasteiger partial charge in [0.25, 0.3) is 16.8 Å². The van der Waals surface area contributed by atoms with E-state index in [-0.39, 0.29) is 37.1 Å². The van der Waals surface area contributed by atoms with Gasteiger partial charge in [-0.25, -0.2) is 46.1 Å². The first-order valence-corrected chi connectivity index (χ1v) is 21.2. The summed E-state index contributed by atoms with van der Waals surface area (Å²) in [6, 6.07) is 22.7. The third kappa shape index (κ3) is 10.2. The number of rotatable bonds is 9. The Hall–Kier alpha value is -8.59. The number of imidazole rings is 2. The summed E-state index contributed by atoms with van der Waals surface area (Å²) in [6.07, 6.45) is 7.90. The molecule has 8 aromatic rings. The smallest absolute Gasteiger partial charge is 0.345 e. The van der Waals surface area contributed by atoms with Crippen LogP contribution in [0.2, 0.25) is 0 Å². The van der Waals surface area contributed by atoms with Gasteiger partial charge in [-0.1, -0.05) is 60.7 Å². The number of halogens is 1. The van der Waals surface area contributed by atoms with Gasteiger partial charge in [-0.3, -0.25) is 34.4 Å². The van der Waals surface area contributed by atoms with E-state index in [2.05, 4.69) is 24.9 Å². The van der Waals surface area contributed by atoms with E-state index in [4.69, 9.17) is 0 Å². The first kappa shape index (κ1) is 44.0. The lowest BCUT2D eigenvalue weighted by molar-refractivity contribution is -0.387. The summed E-state index contributed by atoms with van der Waals surface area (Å²) >= 11 is 0. The van der Waals surface area contributed by atoms with E-state index >= 15 is 0 Å². The molecule has 4 heterocycles. The Kier molecular flexibility index (Phi) is 12.3. The van der Waals surface area contributed by atoms with Crippen molar-refractivity contribution in [2.75, 3.05) is 22.2 Å². The number of nitrogens with zero attached hydrogens (tertiary/aromatic N) is 7. The summed E-state index contributed by atoms with van der Waals surface area (Å²) in [7, 11) is -7.86. The summed E-state index contributed by atoms with van der Waals surface area (Å²) < 4.78 is 60.4. The Bertz CT molecular complexity index is 3520. The molecule has 0 unspecified atom stereocenters. The van der Waals surface area contributed by atoms with Crippen LogP contribution < -0.4 is 32.2 Å². The molecule has 324 valence electrons. The Balaban J connectivity index is 0.000000177. The second-order valence-electron chi connectivity index (χ2n) is 13.0. The summed E-state index contributed by atoms with van der Waals surface area (Å²) in [6.45, 7) is 0. The lowest BCUT2D eigenvalue weighted by Gasteiger charge is -2.09. The van der Waals surface area contributed by atoms with Gasteiger partial charge < -0.3 is 15.0 Å². The number of aromatic amines is 3. The van der Waals surface area contributed by atoms with E-state index in [0.29, 0.717) is 24.1 Å². The molecule has 4 aromatic heterocycles. The first-order chi connectivity index (χ1) is 29.7. The fourth-order valence-electron chi connectivity index (χ4n) is 5.70. The number of aromatic nitrogens is 8. The summed E-state index contributed by atoms with van der Waals surface area (Å²) in [5.41, 5.74) is -2.52. The number of hydrogen-bond donors (Lipinski definition) is 5. The predicted octanol–water partition coefficient (Wildman–Crippen LogP) is 2.27. The topological polar surface area (TPSA) is 335 Å². The zero-order valence-electron chi connectivity index (χ0n) is 32.1. The fourth-order valence-corrected chi connectivity index (χ4v) is 6.70. The molecule has 8 rings (SSSR count). The van der Waals surface area contributed by atoms with Gasteiger partial charge in [0.1, 0.15) is 12.0 Å². The molecular weight excluding hydrogens is 876 g/mol. The van der Waals surface area contributed by atoms with Crippen molar-refractivity contribution >= 4 is 53.2 Å². The van der Waals surface area contributed by atoms with Gasteiger partial charge in [0.05, 0.1) is 68.1 Å². The van der Waals surface area contributed by atoms with E-state index in [0.717, 1.165) is 23.6 Å². The third-order valence-corrected chi connectivity index (χ3v) is 9.41. The average molecular weight is 905 g/mol. The molecule has 4 aromatic carbocycles. The molecule has 0 bridgehead atoms. The monoisotopic (exact) mass is 904 g/mol. The van der Waals surface area contributed by atoms with Crippen LogP contribution in [0.3, 0.4) is 0 Å². The minimum absolute atomic E-state index is 0.0160. The Morgan fingerprint density at radius 1 is 0.698 bits per heavy atom. The summed E-state index contributed by atoms with van der Waals surface area (Å²) in [4.78, 5) is 88.0. The van der Waals surface area contributed by atoms with Crippen molar-refractivity contribution in [3.8, 4) is 28.2 Å². The molecule has 0 aliphatic carbocycles. The van der Waals surface area contributed by atoms with Crippen LogP contribution in [0.4, 0.5) is 15.8 Å². The molecule has 63 heavy (non-hydrogen) atoms. The molecular formula is C36H29FN12O12S2. The highest BCUT2D eigenvalue weighted by molar-refractivity contribution is 7.91. The van der Waals surface area contributed by atoms with E-state index in [1.54, 1.807) is 17.4 Å². The Labute approximate surface area is 350 Å². The molecule has 0 saturated heterocycles. The van der Waals surface area contributed by atoms with Crippen LogP contribution in [0.25, 0.3) is 50.0 Å². The highest BCUT2D eigenvalue weighted by Gasteiger charge is 2.22. The number of benzene rings is 4. The number of hydrogen-bond acceptors (Lipinski definition) is 14. The van der Waals surface area contributed by atoms with E-state index < -0.39 is 69.3 Å². The molecule has 0 amide bonds. The van der Waals surface area contributed by atoms with Crippen LogP contribution >= 0.6 is 0 Å². The lowest BCUT2D eigenvalue weighted by Crippen LogP contribution is -2.43. The molecule has 0 aliphatic rings. The number of fused-ring (bicyclic) bond motifs is 2. The molecule has 27 heteroatoms. The van der Waals surface area contributed by atoms with Gasteiger partial charge in [-0.15, -0.1) is 0 Å². The quantitative estimate of drug-likeness (QED) is 0.103. The molecule has 0 atom stereocenters. The molecule has 5 N–H and O–H groups in total. The first-order valence-electron chi connectivity index (χ1n) is 17.4. The van der Waals surface area contributed by atoms with Crippen molar-refractivity contribution in [3.05, 3.63) is 178 Å². The molecule has 0 spiro atoms. The van der Waals surface area contributed by atoms with Crippen LogP contribution in [-0.2, 0) is 20.0 Å². The highest BCUT2D eigenvalue weighted by Crippen LogP contribution is 2.28. The second kappa shape index (κ2) is 17.6. The number of nitro groups is 2. The molecule has 0 aliphatic heterocycles. The van der Waals surface area contributed by atoms with Crippen molar-refractivity contribution in [2.45, 2.75) is 0 Å². The lowest BCUT2D eigenvalue weighted by atomic mass is 10.1. The second-order valence-corrected chi connectivity index (χ2v) is 16.4. The van der Waals surface area contributed by atoms with Gasteiger partial charge in [0.2, 0.25) is 25.9 Å². The predicted molar refractivity (Wildman–Crippen MR) is 226 cm³/mol. The zero-order chi connectivity index (χ0) is 45.8. The van der Waals surface area contributed by atoms with Crippen LogP contribution in [0.5, 0.6) is 0 Å². The maximum absolute atomic E-state index is 13.5. The molecule has 0 fully saturated rings. The van der Waals surface area contributed by atoms with Gasteiger partial charge in [0.15, 0.2) is 0 Å². The normalized spacial score (nSPS) is 11.2. The van der Waals surface area contributed by atoms with Gasteiger partial charge in [-0.2, -0.15) is 13.7 Å². The number of nitrogens with one attached hydrogen (secondary N) is 5. The maximum Gasteiger partial charge on any atom is 0.348 e. The fraction of sp³-hybridized carbons (Fsp3) is 0.0556. The number of nitro benzene ring substituents is 2. The molecule has 24 nitrogen and oxygen atoms in total. The summed E-state index contributed by atoms with van der Waals surface area (Å²) in [5, 5.41) is 21.7. The van der Waals surface area contributed by atoms with Crippen molar-refractivity contribution in [1.82, 2.24) is 38.8 Å². The van der Waals surface area contributed by atoms with Gasteiger partial charge >= 0.3 is 17.1 Å². The number of sulfonamides is 2. The largest absolute Gasteiger partial charge is 0.348 e. The van der Waals surface area contributed by atoms with E-state index in [1.165, 1.54) is 22.5 Å². The Morgan fingerprint density at radius 2 is 1.19 bits per heavy atom. The summed E-state index contributed by atoms with van der Waals surface area (Å²) in [5.74, 6) is -1.29. The van der Waals surface area contributed by atoms with Gasteiger partial charge in [0, 0.05) is 23.9 Å². The van der Waals surface area contributed by atoms with Crippen LogP contribution in [-0.4, -0.2) is 78.0 Å². The molecule has 0 radical (unpaired) electrons. The highest BCUT2D eigenvalue weighted by atomic mass is 32.2. The SMILES string of the molecule is CS(=O)(=O)Nn1c(=O)[nH]c2cc([N+](=O)[O-])c(-n3cnc(-c4ccccc4)c3)cc2c1=O.CS(=O)(=O)Nn1c(=O)[nH]c2cc([N+](=O)[O-])c(F)cc2c1=O.c1ccc(-c2cnc[nH]2)cc1. The number of H-pyrrole nitrogens is 3. The van der Waals surface area contributed by atoms with Crippen LogP contribution in [0, 0.1) is 26.0 Å². The van der Waals surface area contributed by atoms with Gasteiger partial charge in [-0.05, 0) is 17.7 Å². The zero-order valence-corrected chi connectivity index (χ0v) is 33.7. The van der Waals surface area contributed by atoms with Crippen molar-refractivity contribution < 1.29 is 31.1 Å². The Morgan fingerprint density at radius 3 is 1.67 bits per heavy atom. The van der Waals surface area contributed by atoms with E-state index in [1.807, 2.05) is 71.7 Å². The maximum atomic E-state index is 13.5. The minimum Gasteiger partial charge on any atom is -0.345 e. The van der Waals surface area contributed by atoms with Crippen molar-refractivity contribution in [3.63, 3.8) is 0 Å².